The normalized spacial score (nSPS) is 20.5. The third-order valence-corrected chi connectivity index (χ3v) is 4.13. The fourth-order valence-electron chi connectivity index (χ4n) is 2.60. The molecule has 0 radical (unpaired) electrons. The summed E-state index contributed by atoms with van der Waals surface area (Å²) in [7, 11) is 0. The molecule has 2 unspecified atom stereocenters. The van der Waals surface area contributed by atoms with E-state index in [9.17, 15) is 4.79 Å². The highest BCUT2D eigenvalue weighted by Crippen LogP contribution is 2.29. The van der Waals surface area contributed by atoms with Crippen molar-refractivity contribution < 1.29 is 14.6 Å². The van der Waals surface area contributed by atoms with Crippen LogP contribution in [0.4, 0.5) is 0 Å². The summed E-state index contributed by atoms with van der Waals surface area (Å²) < 4.78 is 5.62. The fraction of sp³-hybridized carbons (Fsp3) is 0.591. The van der Waals surface area contributed by atoms with E-state index in [-0.39, 0.29) is 0 Å². The summed E-state index contributed by atoms with van der Waals surface area (Å²) in [4.78, 5) is 10.4. The molecule has 140 valence electrons. The zero-order valence-corrected chi connectivity index (χ0v) is 15.6. The first-order valence-corrected chi connectivity index (χ1v) is 9.71. The number of carbonyl (C=O) groups is 1. The second kappa shape index (κ2) is 14.7. The van der Waals surface area contributed by atoms with Gasteiger partial charge in [0, 0.05) is 6.42 Å². The van der Waals surface area contributed by atoms with Crippen molar-refractivity contribution in [1.82, 2.24) is 0 Å². The van der Waals surface area contributed by atoms with E-state index in [0.29, 0.717) is 18.6 Å². The molecule has 0 aromatic rings. The van der Waals surface area contributed by atoms with Crippen LogP contribution in [0.2, 0.25) is 0 Å². The SMILES string of the molecule is CCC=CCC1OC1CC=CCC=CCC=CCCCCCC(=O)O. The van der Waals surface area contributed by atoms with E-state index < -0.39 is 5.97 Å². The van der Waals surface area contributed by atoms with Crippen molar-refractivity contribution in [3.05, 3.63) is 48.6 Å². The van der Waals surface area contributed by atoms with Gasteiger partial charge in [-0.05, 0) is 51.4 Å². The molecule has 1 aliphatic heterocycles. The molecule has 0 aromatic heterocycles. The first-order valence-electron chi connectivity index (χ1n) is 9.71. The van der Waals surface area contributed by atoms with Crippen LogP contribution in [0.15, 0.2) is 48.6 Å². The molecule has 3 heteroatoms. The summed E-state index contributed by atoms with van der Waals surface area (Å²) in [6.07, 6.45) is 27.8. The van der Waals surface area contributed by atoms with Gasteiger partial charge < -0.3 is 9.84 Å². The van der Waals surface area contributed by atoms with E-state index in [0.717, 1.165) is 57.8 Å². The lowest BCUT2D eigenvalue weighted by Gasteiger charge is -1.94. The highest BCUT2D eigenvalue weighted by atomic mass is 16.6. The number of carboxylic acids is 1. The lowest BCUT2D eigenvalue weighted by atomic mass is 10.1. The standard InChI is InChI=1S/C22H34O3/c1-2-3-14-17-20-21(25-20)18-15-12-10-8-6-4-5-7-9-11-13-16-19-22(23)24/h3,5-8,12,14-15,20-21H,2,4,9-11,13,16-19H2,1H3,(H,23,24). The van der Waals surface area contributed by atoms with Crippen molar-refractivity contribution in [3.63, 3.8) is 0 Å². The van der Waals surface area contributed by atoms with Crippen molar-refractivity contribution in [3.8, 4) is 0 Å². The second-order valence-corrected chi connectivity index (χ2v) is 6.44. The van der Waals surface area contributed by atoms with Gasteiger partial charge in [0.1, 0.15) is 0 Å². The Balaban J connectivity index is 1.89. The van der Waals surface area contributed by atoms with Gasteiger partial charge in [0.2, 0.25) is 0 Å². The number of aliphatic carboxylic acids is 1. The fourth-order valence-corrected chi connectivity index (χ4v) is 2.60. The van der Waals surface area contributed by atoms with Gasteiger partial charge in [-0.3, -0.25) is 4.79 Å². The van der Waals surface area contributed by atoms with Gasteiger partial charge in [-0.25, -0.2) is 0 Å². The van der Waals surface area contributed by atoms with Gasteiger partial charge in [0.25, 0.3) is 0 Å². The largest absolute Gasteiger partial charge is 0.481 e. The Kier molecular flexibility index (Phi) is 12.6. The number of epoxide rings is 1. The van der Waals surface area contributed by atoms with Crippen LogP contribution in [0.3, 0.4) is 0 Å². The maximum Gasteiger partial charge on any atom is 0.303 e. The van der Waals surface area contributed by atoms with Crippen LogP contribution in [0, 0.1) is 0 Å². The molecular formula is C22H34O3. The topological polar surface area (TPSA) is 49.8 Å². The lowest BCUT2D eigenvalue weighted by molar-refractivity contribution is -0.137. The maximum absolute atomic E-state index is 10.4. The van der Waals surface area contributed by atoms with Crippen LogP contribution in [0.1, 0.15) is 71.1 Å². The molecule has 1 aliphatic rings. The summed E-state index contributed by atoms with van der Waals surface area (Å²) in [5, 5.41) is 8.54. The zero-order chi connectivity index (χ0) is 18.2. The average Bonchev–Trinajstić information content (AvgIpc) is 3.33. The Morgan fingerprint density at radius 2 is 1.44 bits per heavy atom. The summed E-state index contributed by atoms with van der Waals surface area (Å²) in [5.74, 6) is -0.691. The van der Waals surface area contributed by atoms with Gasteiger partial charge in [-0.1, -0.05) is 62.0 Å². The third kappa shape index (κ3) is 13.4. The van der Waals surface area contributed by atoms with Crippen LogP contribution in [-0.2, 0) is 9.53 Å². The number of hydrogen-bond donors (Lipinski definition) is 1. The van der Waals surface area contributed by atoms with Crippen molar-refractivity contribution in [2.24, 2.45) is 0 Å². The molecule has 2 atom stereocenters. The number of unbranched alkanes of at least 4 members (excludes halogenated alkanes) is 3. The summed E-state index contributed by atoms with van der Waals surface area (Å²) in [5.41, 5.74) is 0. The average molecular weight is 347 g/mol. The molecule has 0 aliphatic carbocycles. The molecule has 1 fully saturated rings. The number of rotatable bonds is 15. The second-order valence-electron chi connectivity index (χ2n) is 6.44. The lowest BCUT2D eigenvalue weighted by Crippen LogP contribution is -1.93. The molecule has 1 heterocycles. The van der Waals surface area contributed by atoms with Crippen LogP contribution < -0.4 is 0 Å². The van der Waals surface area contributed by atoms with Crippen LogP contribution >= 0.6 is 0 Å². The number of allylic oxidation sites excluding steroid dienone is 6. The predicted molar refractivity (Wildman–Crippen MR) is 105 cm³/mol. The number of ether oxygens (including phenoxy) is 1. The van der Waals surface area contributed by atoms with E-state index in [1.807, 2.05) is 0 Å². The summed E-state index contributed by atoms with van der Waals surface area (Å²) in [6, 6.07) is 0. The minimum atomic E-state index is -0.691. The van der Waals surface area contributed by atoms with E-state index in [1.165, 1.54) is 0 Å². The minimum absolute atomic E-state index is 0.295. The monoisotopic (exact) mass is 346 g/mol. The molecule has 0 bridgehead atoms. The smallest absolute Gasteiger partial charge is 0.303 e. The van der Waals surface area contributed by atoms with E-state index in [1.54, 1.807) is 0 Å². The Hall–Kier alpha value is -1.61. The first kappa shape index (κ1) is 21.4. The van der Waals surface area contributed by atoms with Crippen molar-refractivity contribution in [2.45, 2.75) is 83.3 Å². The van der Waals surface area contributed by atoms with Crippen molar-refractivity contribution in [1.29, 1.82) is 0 Å². The third-order valence-electron chi connectivity index (χ3n) is 4.13. The molecule has 1 saturated heterocycles. The molecule has 0 spiro atoms. The van der Waals surface area contributed by atoms with Gasteiger partial charge in [-0.2, -0.15) is 0 Å². The van der Waals surface area contributed by atoms with E-state index in [4.69, 9.17) is 9.84 Å². The van der Waals surface area contributed by atoms with Gasteiger partial charge in [0.15, 0.2) is 0 Å². The molecule has 0 aromatic carbocycles. The minimum Gasteiger partial charge on any atom is -0.481 e. The summed E-state index contributed by atoms with van der Waals surface area (Å²) in [6.45, 7) is 2.15. The molecule has 25 heavy (non-hydrogen) atoms. The quantitative estimate of drug-likeness (QED) is 0.225. The van der Waals surface area contributed by atoms with Gasteiger partial charge in [-0.15, -0.1) is 0 Å². The van der Waals surface area contributed by atoms with E-state index in [2.05, 4.69) is 55.5 Å². The first-order chi connectivity index (χ1) is 12.2. The highest BCUT2D eigenvalue weighted by Gasteiger charge is 2.35. The Labute approximate surface area is 153 Å². The molecule has 3 nitrogen and oxygen atoms in total. The van der Waals surface area contributed by atoms with Crippen LogP contribution in [-0.4, -0.2) is 23.3 Å². The Morgan fingerprint density at radius 3 is 2.08 bits per heavy atom. The number of hydrogen-bond acceptors (Lipinski definition) is 2. The molecule has 0 amide bonds. The Morgan fingerprint density at radius 1 is 0.840 bits per heavy atom. The maximum atomic E-state index is 10.4. The Bertz CT molecular complexity index is 460. The van der Waals surface area contributed by atoms with Gasteiger partial charge in [0.05, 0.1) is 12.2 Å². The molecule has 1 N–H and O–H groups in total. The number of carboxylic acid groups (broad SMARTS) is 1. The molecule has 0 saturated carbocycles. The molecular weight excluding hydrogens is 312 g/mol. The van der Waals surface area contributed by atoms with Crippen LogP contribution in [0.5, 0.6) is 0 Å². The zero-order valence-electron chi connectivity index (χ0n) is 15.6. The van der Waals surface area contributed by atoms with Crippen LogP contribution in [0.25, 0.3) is 0 Å². The molecule has 1 rings (SSSR count). The summed E-state index contributed by atoms with van der Waals surface area (Å²) >= 11 is 0. The van der Waals surface area contributed by atoms with Crippen molar-refractivity contribution in [2.75, 3.05) is 0 Å². The van der Waals surface area contributed by atoms with Crippen molar-refractivity contribution >= 4 is 5.97 Å². The van der Waals surface area contributed by atoms with Gasteiger partial charge >= 0.3 is 5.97 Å². The van der Waals surface area contributed by atoms with E-state index >= 15 is 0 Å². The predicted octanol–water partition coefficient (Wildman–Crippen LogP) is 5.98. The highest BCUT2D eigenvalue weighted by molar-refractivity contribution is 5.66.